The number of anilines is 1. The Balaban J connectivity index is 1.69. The highest BCUT2D eigenvalue weighted by molar-refractivity contribution is 5.94. The Morgan fingerprint density at radius 1 is 1.09 bits per heavy atom. The molecule has 170 valence electrons. The van der Waals surface area contributed by atoms with Gasteiger partial charge in [0, 0.05) is 18.7 Å². The summed E-state index contributed by atoms with van der Waals surface area (Å²) >= 11 is 0. The lowest BCUT2D eigenvalue weighted by Crippen LogP contribution is -2.32. The highest BCUT2D eigenvalue weighted by atomic mass is 16.5. The molecule has 0 radical (unpaired) electrons. The third kappa shape index (κ3) is 5.66. The van der Waals surface area contributed by atoms with Gasteiger partial charge in [-0.15, -0.1) is 0 Å². The summed E-state index contributed by atoms with van der Waals surface area (Å²) in [7, 11) is 1.59. The second-order valence-electron chi connectivity index (χ2n) is 7.99. The number of esters is 1. The molecule has 2 aromatic carbocycles. The summed E-state index contributed by atoms with van der Waals surface area (Å²) in [5.41, 5.74) is 2.56. The monoisotopic (exact) mass is 438 g/mol. The molecule has 1 aliphatic rings. The van der Waals surface area contributed by atoms with Gasteiger partial charge in [0.05, 0.1) is 19.1 Å². The number of carbonyl (C=O) groups is 3. The van der Waals surface area contributed by atoms with E-state index in [-0.39, 0.29) is 12.3 Å². The summed E-state index contributed by atoms with van der Waals surface area (Å²) in [5.74, 6) is -1.01. The zero-order valence-electron chi connectivity index (χ0n) is 18.8. The van der Waals surface area contributed by atoms with E-state index in [1.165, 1.54) is 0 Å². The third-order valence-electron chi connectivity index (χ3n) is 5.63. The fourth-order valence-corrected chi connectivity index (χ4v) is 3.88. The van der Waals surface area contributed by atoms with Crippen LogP contribution in [-0.2, 0) is 19.1 Å². The molecule has 2 aromatic rings. The smallest absolute Gasteiger partial charge is 0.312 e. The molecule has 0 bridgehead atoms. The van der Waals surface area contributed by atoms with Crippen LogP contribution < -0.4 is 10.1 Å². The summed E-state index contributed by atoms with van der Waals surface area (Å²) < 4.78 is 10.5. The summed E-state index contributed by atoms with van der Waals surface area (Å²) in [5, 5.41) is 2.71. The van der Waals surface area contributed by atoms with Crippen molar-refractivity contribution in [3.05, 3.63) is 59.7 Å². The predicted octanol–water partition coefficient (Wildman–Crippen LogP) is 3.88. The number of methoxy groups -OCH3 is 1. The maximum atomic E-state index is 12.9. The number of hydrogen-bond donors (Lipinski definition) is 1. The number of nitrogens with zero attached hydrogens (tertiary/aromatic N) is 1. The number of aryl methyl sites for hydroxylation is 1. The molecular formula is C25H30N2O5. The molecule has 0 aliphatic carbocycles. The van der Waals surface area contributed by atoms with Crippen LogP contribution >= 0.6 is 0 Å². The van der Waals surface area contributed by atoms with Crippen molar-refractivity contribution in [2.24, 2.45) is 5.92 Å². The van der Waals surface area contributed by atoms with Crippen LogP contribution in [0, 0.1) is 12.8 Å². The molecule has 1 fully saturated rings. The van der Waals surface area contributed by atoms with Gasteiger partial charge in [-0.05, 0) is 43.2 Å². The van der Waals surface area contributed by atoms with E-state index in [0.29, 0.717) is 18.0 Å². The first kappa shape index (κ1) is 23.3. The molecule has 0 aromatic heterocycles. The quantitative estimate of drug-likeness (QED) is 0.601. The maximum Gasteiger partial charge on any atom is 0.312 e. The van der Waals surface area contributed by atoms with Gasteiger partial charge in [0.25, 0.3) is 5.91 Å². The highest BCUT2D eigenvalue weighted by Crippen LogP contribution is 2.39. The molecule has 1 aliphatic heterocycles. The van der Waals surface area contributed by atoms with Gasteiger partial charge in [0.15, 0.2) is 6.61 Å². The fourth-order valence-electron chi connectivity index (χ4n) is 3.88. The Morgan fingerprint density at radius 2 is 1.78 bits per heavy atom. The van der Waals surface area contributed by atoms with E-state index in [4.69, 9.17) is 9.47 Å². The van der Waals surface area contributed by atoms with E-state index >= 15 is 0 Å². The standard InChI is InChI=1S/C25H30N2O5/c1-4-5-14-27-23(29)15-21(24(27)18-8-12-20(31-3)13-9-18)25(30)32-16-22(28)26-19-10-6-17(2)7-11-19/h6-13,21,24H,4-5,14-16H2,1-3H3,(H,26,28)/t21-,24+/m1/s1. The van der Waals surface area contributed by atoms with Gasteiger partial charge in [0.2, 0.25) is 5.91 Å². The number of hydrogen-bond acceptors (Lipinski definition) is 5. The number of likely N-dealkylation sites (tertiary alicyclic amines) is 1. The Hall–Kier alpha value is -3.35. The van der Waals surface area contributed by atoms with Crippen LogP contribution in [0.1, 0.15) is 43.4 Å². The van der Waals surface area contributed by atoms with Crippen LogP contribution in [0.3, 0.4) is 0 Å². The van der Waals surface area contributed by atoms with E-state index in [2.05, 4.69) is 12.2 Å². The molecule has 0 unspecified atom stereocenters. The molecule has 2 atom stereocenters. The number of ether oxygens (including phenoxy) is 2. The summed E-state index contributed by atoms with van der Waals surface area (Å²) in [4.78, 5) is 39.6. The topological polar surface area (TPSA) is 84.9 Å². The van der Waals surface area contributed by atoms with Crippen LogP contribution in [0.4, 0.5) is 5.69 Å². The van der Waals surface area contributed by atoms with Gasteiger partial charge in [0.1, 0.15) is 5.75 Å². The van der Waals surface area contributed by atoms with Crippen molar-refractivity contribution in [1.29, 1.82) is 0 Å². The van der Waals surface area contributed by atoms with Crippen molar-refractivity contribution in [3.63, 3.8) is 0 Å². The van der Waals surface area contributed by atoms with Crippen LogP contribution in [0.15, 0.2) is 48.5 Å². The molecule has 7 nitrogen and oxygen atoms in total. The molecule has 2 amide bonds. The van der Waals surface area contributed by atoms with E-state index in [1.54, 1.807) is 24.1 Å². The van der Waals surface area contributed by atoms with Crippen molar-refractivity contribution in [1.82, 2.24) is 4.90 Å². The second kappa shape index (κ2) is 10.8. The Morgan fingerprint density at radius 3 is 2.41 bits per heavy atom. The van der Waals surface area contributed by atoms with Gasteiger partial charge >= 0.3 is 5.97 Å². The largest absolute Gasteiger partial charge is 0.497 e. The lowest BCUT2D eigenvalue weighted by Gasteiger charge is -2.28. The normalized spacial score (nSPS) is 17.8. The summed E-state index contributed by atoms with van der Waals surface area (Å²) in [6, 6.07) is 14.3. The zero-order valence-corrected chi connectivity index (χ0v) is 18.8. The number of carbonyl (C=O) groups excluding carboxylic acids is 3. The Kier molecular flexibility index (Phi) is 7.87. The molecule has 1 N–H and O–H groups in total. The van der Waals surface area contributed by atoms with Gasteiger partial charge in [-0.3, -0.25) is 14.4 Å². The van der Waals surface area contributed by atoms with Crippen molar-refractivity contribution in [2.45, 2.75) is 39.2 Å². The van der Waals surface area contributed by atoms with E-state index in [1.807, 2.05) is 43.3 Å². The molecule has 3 rings (SSSR count). The van der Waals surface area contributed by atoms with Crippen molar-refractivity contribution in [3.8, 4) is 5.75 Å². The molecule has 0 spiro atoms. The molecule has 32 heavy (non-hydrogen) atoms. The molecule has 0 saturated carbocycles. The minimum atomic E-state index is -0.667. The second-order valence-corrected chi connectivity index (χ2v) is 7.99. The number of unbranched alkanes of at least 4 members (excludes halogenated alkanes) is 1. The fraction of sp³-hybridized carbons (Fsp3) is 0.400. The van der Waals surface area contributed by atoms with Gasteiger partial charge in [-0.2, -0.15) is 0 Å². The first-order valence-electron chi connectivity index (χ1n) is 10.9. The number of amides is 2. The molecular weight excluding hydrogens is 408 g/mol. The lowest BCUT2D eigenvalue weighted by molar-refractivity contribution is -0.152. The van der Waals surface area contributed by atoms with Crippen LogP contribution in [0.5, 0.6) is 5.75 Å². The summed E-state index contributed by atoms with van der Waals surface area (Å²) in [6.07, 6.45) is 1.85. The van der Waals surface area contributed by atoms with E-state index in [0.717, 1.165) is 24.0 Å². The third-order valence-corrected chi connectivity index (χ3v) is 5.63. The summed E-state index contributed by atoms with van der Waals surface area (Å²) in [6.45, 7) is 4.19. The minimum Gasteiger partial charge on any atom is -0.497 e. The molecule has 1 saturated heterocycles. The van der Waals surface area contributed by atoms with E-state index < -0.39 is 30.4 Å². The molecule has 7 heteroatoms. The van der Waals surface area contributed by atoms with Crippen LogP contribution in [0.2, 0.25) is 0 Å². The van der Waals surface area contributed by atoms with Crippen molar-refractivity contribution in [2.75, 3.05) is 25.6 Å². The number of nitrogens with one attached hydrogen (secondary N) is 1. The average Bonchev–Trinajstić information content (AvgIpc) is 3.13. The first-order chi connectivity index (χ1) is 15.4. The number of rotatable bonds is 9. The maximum absolute atomic E-state index is 12.9. The molecule has 1 heterocycles. The average molecular weight is 439 g/mol. The predicted molar refractivity (Wildman–Crippen MR) is 121 cm³/mol. The minimum absolute atomic E-state index is 0.0683. The van der Waals surface area contributed by atoms with Gasteiger partial charge in [-0.25, -0.2) is 0 Å². The SMILES string of the molecule is CCCCN1C(=O)C[C@@H](C(=O)OCC(=O)Nc2ccc(C)cc2)[C@@H]1c1ccc(OC)cc1. The number of benzene rings is 2. The van der Waals surface area contributed by atoms with Crippen LogP contribution in [0.25, 0.3) is 0 Å². The zero-order chi connectivity index (χ0) is 23.1. The van der Waals surface area contributed by atoms with Crippen molar-refractivity contribution < 1.29 is 23.9 Å². The Labute approximate surface area is 188 Å². The highest BCUT2D eigenvalue weighted by Gasteiger charge is 2.45. The van der Waals surface area contributed by atoms with Gasteiger partial charge < -0.3 is 19.7 Å². The van der Waals surface area contributed by atoms with Crippen LogP contribution in [-0.4, -0.2) is 42.9 Å². The van der Waals surface area contributed by atoms with Gasteiger partial charge in [-0.1, -0.05) is 43.2 Å². The Bertz CT molecular complexity index is 940. The van der Waals surface area contributed by atoms with Crippen molar-refractivity contribution >= 4 is 23.5 Å². The first-order valence-corrected chi connectivity index (χ1v) is 10.9. The van der Waals surface area contributed by atoms with E-state index in [9.17, 15) is 14.4 Å². The lowest BCUT2D eigenvalue weighted by atomic mass is 9.93.